The number of hydrogen-bond acceptors (Lipinski definition) is 7. The summed E-state index contributed by atoms with van der Waals surface area (Å²) in [5.74, 6) is -5.31. The average molecular weight is 580 g/mol. The Morgan fingerprint density at radius 1 is 1.12 bits per heavy atom. The van der Waals surface area contributed by atoms with Crippen LogP contribution in [0.4, 0.5) is 18.9 Å². The first-order chi connectivity index (χ1) is 18.9. The van der Waals surface area contributed by atoms with E-state index in [9.17, 15) is 32.3 Å². The van der Waals surface area contributed by atoms with Crippen molar-refractivity contribution >= 4 is 47.0 Å². The van der Waals surface area contributed by atoms with Crippen molar-refractivity contribution in [1.29, 1.82) is 0 Å². The van der Waals surface area contributed by atoms with Crippen molar-refractivity contribution in [1.82, 2.24) is 10.0 Å². The van der Waals surface area contributed by atoms with Gasteiger partial charge in [-0.25, -0.2) is 4.99 Å². The number of para-hydroxylation sites is 1. The summed E-state index contributed by atoms with van der Waals surface area (Å²) in [6.07, 6.45) is -8.74. The predicted octanol–water partition coefficient (Wildman–Crippen LogP) is 2.47. The van der Waals surface area contributed by atoms with Gasteiger partial charge in [0.15, 0.2) is 0 Å². The maximum atomic E-state index is 13.3. The van der Waals surface area contributed by atoms with Gasteiger partial charge < -0.3 is 25.8 Å². The summed E-state index contributed by atoms with van der Waals surface area (Å²) in [6, 6.07) is 14.6. The van der Waals surface area contributed by atoms with Gasteiger partial charge in [-0.15, -0.1) is 0 Å². The molecule has 2 aromatic carbocycles. The van der Waals surface area contributed by atoms with E-state index >= 15 is 0 Å². The number of benzodiazepines with no additional fused rings is 1. The number of hydrogen-bond donors (Lipinski definition) is 4. The summed E-state index contributed by atoms with van der Waals surface area (Å²) in [7, 11) is 1.50. The lowest BCUT2D eigenvalue weighted by Gasteiger charge is -2.23. The summed E-state index contributed by atoms with van der Waals surface area (Å²) in [4.78, 5) is 55.6. The molecule has 0 saturated carbocycles. The highest BCUT2D eigenvalue weighted by atomic mass is 32.2. The van der Waals surface area contributed by atoms with E-state index in [2.05, 4.69) is 15.0 Å². The molecule has 0 aromatic heterocycles. The Bertz CT molecular complexity index is 1270. The van der Waals surface area contributed by atoms with Gasteiger partial charge in [0.05, 0.1) is 11.4 Å². The predicted molar refractivity (Wildman–Crippen MR) is 143 cm³/mol. The fourth-order valence-corrected chi connectivity index (χ4v) is 4.56. The molecule has 0 radical (unpaired) electrons. The third kappa shape index (κ3) is 8.29. The Balaban J connectivity index is 1.84. The van der Waals surface area contributed by atoms with Crippen LogP contribution in [-0.2, 0) is 19.2 Å². The van der Waals surface area contributed by atoms with Gasteiger partial charge in [0.2, 0.25) is 18.0 Å². The Hall–Kier alpha value is -3.91. The molecular weight excluding hydrogens is 551 g/mol. The van der Waals surface area contributed by atoms with Crippen LogP contribution in [0.15, 0.2) is 59.6 Å². The summed E-state index contributed by atoms with van der Waals surface area (Å²) >= 11 is 0.663. The van der Waals surface area contributed by atoms with Crippen molar-refractivity contribution in [3.8, 4) is 0 Å². The maximum Gasteiger partial charge on any atom is 0.389 e. The van der Waals surface area contributed by atoms with Gasteiger partial charge in [-0.1, -0.05) is 48.5 Å². The topological polar surface area (TPSA) is 154 Å². The molecular formula is C26H28F3N5O5S. The molecule has 3 atom stereocenters. The molecule has 2 aromatic rings. The number of carbonyl (C=O) groups excluding carboxylic acids is 3. The largest absolute Gasteiger partial charge is 0.480 e. The van der Waals surface area contributed by atoms with Gasteiger partial charge in [0.25, 0.3) is 5.91 Å². The number of anilines is 1. The second kappa shape index (κ2) is 13.4. The van der Waals surface area contributed by atoms with Crippen LogP contribution in [0.25, 0.3) is 0 Å². The second-order valence-corrected chi connectivity index (χ2v) is 9.83. The maximum absolute atomic E-state index is 13.3. The molecule has 0 aliphatic carbocycles. The zero-order valence-electron chi connectivity index (χ0n) is 21.4. The van der Waals surface area contributed by atoms with E-state index in [1.807, 2.05) is 0 Å². The number of amides is 3. The van der Waals surface area contributed by atoms with Crippen LogP contribution in [0.3, 0.4) is 0 Å². The number of nitrogens with zero attached hydrogens (tertiary/aromatic N) is 2. The zero-order chi connectivity index (χ0) is 29.4. The van der Waals surface area contributed by atoms with Crippen molar-refractivity contribution in [2.45, 2.75) is 37.6 Å². The highest BCUT2D eigenvalue weighted by Crippen LogP contribution is 2.28. The minimum atomic E-state index is -4.59. The molecule has 1 aliphatic rings. The van der Waals surface area contributed by atoms with Crippen LogP contribution >= 0.6 is 11.9 Å². The van der Waals surface area contributed by atoms with Crippen LogP contribution in [-0.4, -0.2) is 65.7 Å². The van der Waals surface area contributed by atoms with E-state index in [0.29, 0.717) is 34.5 Å². The lowest BCUT2D eigenvalue weighted by atomic mass is 9.97. The van der Waals surface area contributed by atoms with Crippen molar-refractivity contribution in [3.05, 3.63) is 65.7 Å². The molecule has 1 aliphatic heterocycles. The molecule has 10 nitrogen and oxygen atoms in total. The fourth-order valence-electron chi connectivity index (χ4n) is 3.91. The first-order valence-electron chi connectivity index (χ1n) is 12.1. The molecule has 3 unspecified atom stereocenters. The number of carboxylic acids is 1. The molecule has 3 rings (SSSR count). The molecule has 14 heteroatoms. The Labute approximate surface area is 232 Å². The van der Waals surface area contributed by atoms with E-state index in [-0.39, 0.29) is 5.75 Å². The lowest BCUT2D eigenvalue weighted by Crippen LogP contribution is -2.48. The number of halogens is 3. The van der Waals surface area contributed by atoms with Crippen LogP contribution in [0.2, 0.25) is 0 Å². The minimum absolute atomic E-state index is 0.194. The van der Waals surface area contributed by atoms with Crippen LogP contribution in [0.1, 0.15) is 30.4 Å². The SMILES string of the molecule is CN1C(=O)C(NC(=O)C(CCC(F)(F)F)CC(=O)NSCC(N)C(=O)O)N=C(c2ccccc2)c2ccccc21. The summed E-state index contributed by atoms with van der Waals surface area (Å²) < 4.78 is 41.3. The van der Waals surface area contributed by atoms with Crippen molar-refractivity contribution in [3.63, 3.8) is 0 Å². The fraction of sp³-hybridized carbons (Fsp3) is 0.346. The van der Waals surface area contributed by atoms with E-state index in [0.717, 1.165) is 0 Å². The number of nitrogens with two attached hydrogens (primary N) is 1. The Kier molecular flexibility index (Phi) is 10.3. The van der Waals surface area contributed by atoms with Crippen LogP contribution in [0.5, 0.6) is 0 Å². The summed E-state index contributed by atoms with van der Waals surface area (Å²) in [6.45, 7) is 0. The highest BCUT2D eigenvalue weighted by Gasteiger charge is 2.35. The molecule has 0 saturated heterocycles. The van der Waals surface area contributed by atoms with Crippen molar-refractivity contribution in [2.24, 2.45) is 16.6 Å². The normalized spacial score (nSPS) is 16.7. The van der Waals surface area contributed by atoms with Gasteiger partial charge in [-0.05, 0) is 24.4 Å². The molecule has 1 heterocycles. The van der Waals surface area contributed by atoms with Crippen LogP contribution < -0.4 is 20.7 Å². The molecule has 0 bridgehead atoms. The van der Waals surface area contributed by atoms with Crippen molar-refractivity contribution in [2.75, 3.05) is 17.7 Å². The molecule has 0 spiro atoms. The molecule has 214 valence electrons. The number of nitrogens with one attached hydrogen (secondary N) is 2. The number of fused-ring (bicyclic) bond motifs is 1. The average Bonchev–Trinajstić information content (AvgIpc) is 3.01. The molecule has 3 amide bonds. The monoisotopic (exact) mass is 579 g/mol. The Morgan fingerprint density at radius 2 is 1.77 bits per heavy atom. The van der Waals surface area contributed by atoms with Gasteiger partial charge in [-0.2, -0.15) is 13.2 Å². The van der Waals surface area contributed by atoms with Gasteiger partial charge >= 0.3 is 12.1 Å². The van der Waals surface area contributed by atoms with E-state index in [1.165, 1.54) is 11.9 Å². The van der Waals surface area contributed by atoms with E-state index < -0.39 is 67.3 Å². The minimum Gasteiger partial charge on any atom is -0.480 e. The first kappa shape index (κ1) is 30.6. The molecule has 5 N–H and O–H groups in total. The third-order valence-electron chi connectivity index (χ3n) is 6.01. The number of benzene rings is 2. The number of carboxylic acid groups (broad SMARTS) is 1. The lowest BCUT2D eigenvalue weighted by molar-refractivity contribution is -0.144. The first-order valence-corrected chi connectivity index (χ1v) is 13.1. The van der Waals surface area contributed by atoms with Crippen LogP contribution in [0, 0.1) is 5.92 Å². The number of alkyl halides is 3. The number of aliphatic carboxylic acids is 1. The van der Waals surface area contributed by atoms with Crippen molar-refractivity contribution < 1.29 is 37.5 Å². The zero-order valence-corrected chi connectivity index (χ0v) is 22.2. The molecule has 40 heavy (non-hydrogen) atoms. The number of likely N-dealkylation sites (N-methyl/N-ethyl adjacent to an activating group) is 1. The van der Waals surface area contributed by atoms with E-state index in [4.69, 9.17) is 10.8 Å². The summed E-state index contributed by atoms with van der Waals surface area (Å²) in [5.41, 5.74) is 7.56. The smallest absolute Gasteiger partial charge is 0.389 e. The summed E-state index contributed by atoms with van der Waals surface area (Å²) in [5, 5.41) is 11.3. The third-order valence-corrected chi connectivity index (χ3v) is 6.91. The molecule has 0 fully saturated rings. The standard InChI is InChI=1S/C26H28F3N5O5S/c1-34-19-10-6-5-9-17(19)21(15-7-3-2-4-8-15)31-22(24(34)37)32-23(36)16(11-12-26(27,28)29)13-20(35)33-40-14-18(30)25(38)39/h2-10,16,18,22H,11-14,30H2,1H3,(H,32,36)(H,33,35)(H,38,39). The second-order valence-electron chi connectivity index (χ2n) is 9.01. The highest BCUT2D eigenvalue weighted by molar-refractivity contribution is 7.98. The number of carbonyl (C=O) groups is 4. The number of aliphatic imine (C=N–C) groups is 1. The van der Waals surface area contributed by atoms with E-state index in [1.54, 1.807) is 54.6 Å². The van der Waals surface area contributed by atoms with Gasteiger partial charge in [-0.3, -0.25) is 19.2 Å². The van der Waals surface area contributed by atoms with Gasteiger partial charge in [0.1, 0.15) is 6.04 Å². The van der Waals surface area contributed by atoms with Gasteiger partial charge in [0, 0.05) is 42.7 Å². The number of rotatable bonds is 11. The Morgan fingerprint density at radius 3 is 2.42 bits per heavy atom. The quantitative estimate of drug-likeness (QED) is 0.298.